The van der Waals surface area contributed by atoms with E-state index in [0.29, 0.717) is 0 Å². The largest absolute Gasteiger partial charge is 0.316 e. The van der Waals surface area contributed by atoms with E-state index >= 15 is 0 Å². The first-order valence-corrected chi connectivity index (χ1v) is 7.04. The van der Waals surface area contributed by atoms with Gasteiger partial charge in [-0.3, -0.25) is 0 Å². The lowest BCUT2D eigenvalue weighted by atomic mass is 10.1. The normalized spacial score (nSPS) is 16.8. The average molecular weight is 237 g/mol. The predicted molar refractivity (Wildman–Crippen MR) is 67.6 cm³/mol. The minimum atomic E-state index is 0.880. The minimum absolute atomic E-state index is 0.880. The SMILES string of the molecule is c1cnc(SCCNCC2CCCC2)nc1. The third kappa shape index (κ3) is 4.10. The highest BCUT2D eigenvalue weighted by Crippen LogP contribution is 2.23. The monoisotopic (exact) mass is 237 g/mol. The van der Waals surface area contributed by atoms with Gasteiger partial charge in [-0.05, 0) is 31.4 Å². The molecule has 1 aromatic heterocycles. The van der Waals surface area contributed by atoms with E-state index in [1.54, 1.807) is 24.2 Å². The van der Waals surface area contributed by atoms with Crippen molar-refractivity contribution < 1.29 is 0 Å². The summed E-state index contributed by atoms with van der Waals surface area (Å²) in [6, 6.07) is 1.85. The molecule has 1 aromatic rings. The van der Waals surface area contributed by atoms with Crippen molar-refractivity contribution in [3.63, 3.8) is 0 Å². The van der Waals surface area contributed by atoms with Crippen LogP contribution in [0, 0.1) is 5.92 Å². The van der Waals surface area contributed by atoms with Crippen molar-refractivity contribution >= 4 is 11.8 Å². The van der Waals surface area contributed by atoms with E-state index in [1.807, 2.05) is 6.07 Å². The van der Waals surface area contributed by atoms with Crippen molar-refractivity contribution in [2.75, 3.05) is 18.8 Å². The molecule has 2 rings (SSSR count). The molecule has 1 aliphatic rings. The van der Waals surface area contributed by atoms with Gasteiger partial charge in [-0.25, -0.2) is 9.97 Å². The Balaban J connectivity index is 1.52. The lowest BCUT2D eigenvalue weighted by Crippen LogP contribution is -2.23. The number of thioether (sulfide) groups is 1. The summed E-state index contributed by atoms with van der Waals surface area (Å²) in [5.41, 5.74) is 0. The van der Waals surface area contributed by atoms with Gasteiger partial charge in [-0.1, -0.05) is 24.6 Å². The second kappa shape index (κ2) is 6.86. The molecule has 16 heavy (non-hydrogen) atoms. The molecule has 0 aromatic carbocycles. The predicted octanol–water partition coefficient (Wildman–Crippen LogP) is 2.35. The van der Waals surface area contributed by atoms with Crippen LogP contribution in [0.25, 0.3) is 0 Å². The lowest BCUT2D eigenvalue weighted by molar-refractivity contribution is 0.500. The Bertz CT molecular complexity index is 286. The minimum Gasteiger partial charge on any atom is -0.316 e. The van der Waals surface area contributed by atoms with E-state index < -0.39 is 0 Å². The van der Waals surface area contributed by atoms with E-state index in [2.05, 4.69) is 15.3 Å². The molecule has 88 valence electrons. The Labute approximate surface area is 101 Å². The van der Waals surface area contributed by atoms with Gasteiger partial charge in [0.25, 0.3) is 0 Å². The number of nitrogens with zero attached hydrogens (tertiary/aromatic N) is 2. The van der Waals surface area contributed by atoms with Crippen LogP contribution < -0.4 is 5.32 Å². The van der Waals surface area contributed by atoms with Crippen LogP contribution in [0.15, 0.2) is 23.6 Å². The van der Waals surface area contributed by atoms with Crippen LogP contribution in [-0.4, -0.2) is 28.8 Å². The molecule has 0 radical (unpaired) electrons. The van der Waals surface area contributed by atoms with Crippen molar-refractivity contribution in [1.82, 2.24) is 15.3 Å². The summed E-state index contributed by atoms with van der Waals surface area (Å²) >= 11 is 1.72. The molecule has 0 amide bonds. The Kier molecular flexibility index (Phi) is 5.09. The zero-order valence-corrected chi connectivity index (χ0v) is 10.4. The van der Waals surface area contributed by atoms with E-state index in [9.17, 15) is 0 Å². The topological polar surface area (TPSA) is 37.8 Å². The molecule has 3 nitrogen and oxygen atoms in total. The van der Waals surface area contributed by atoms with Gasteiger partial charge in [0.1, 0.15) is 0 Å². The standard InChI is InChI=1S/C12H19N3S/c1-2-5-11(4-1)10-13-8-9-16-12-14-6-3-7-15-12/h3,6-7,11,13H,1-2,4-5,8-10H2. The van der Waals surface area contributed by atoms with E-state index in [-0.39, 0.29) is 0 Å². The number of aromatic nitrogens is 2. The van der Waals surface area contributed by atoms with Gasteiger partial charge >= 0.3 is 0 Å². The van der Waals surface area contributed by atoms with Gasteiger partial charge in [0.2, 0.25) is 0 Å². The Morgan fingerprint density at radius 1 is 1.25 bits per heavy atom. The molecule has 1 aliphatic carbocycles. The number of hydrogen-bond acceptors (Lipinski definition) is 4. The molecule has 1 fully saturated rings. The maximum absolute atomic E-state index is 4.18. The first-order chi connectivity index (χ1) is 7.95. The van der Waals surface area contributed by atoms with Crippen molar-refractivity contribution in [1.29, 1.82) is 0 Å². The zero-order chi connectivity index (χ0) is 11.1. The first-order valence-electron chi connectivity index (χ1n) is 6.05. The average Bonchev–Trinajstić information content (AvgIpc) is 2.83. The fourth-order valence-electron chi connectivity index (χ4n) is 2.10. The van der Waals surface area contributed by atoms with Crippen LogP contribution in [0.5, 0.6) is 0 Å². The summed E-state index contributed by atoms with van der Waals surface area (Å²) < 4.78 is 0. The highest BCUT2D eigenvalue weighted by atomic mass is 32.2. The summed E-state index contributed by atoms with van der Waals surface area (Å²) in [7, 11) is 0. The van der Waals surface area contributed by atoms with Crippen molar-refractivity contribution in [3.8, 4) is 0 Å². The van der Waals surface area contributed by atoms with Crippen molar-refractivity contribution in [2.24, 2.45) is 5.92 Å². The third-order valence-electron chi connectivity index (χ3n) is 2.96. The van der Waals surface area contributed by atoms with Crippen LogP contribution in [0.2, 0.25) is 0 Å². The molecule has 0 atom stereocenters. The fourth-order valence-corrected chi connectivity index (χ4v) is 2.79. The summed E-state index contributed by atoms with van der Waals surface area (Å²) in [4.78, 5) is 8.36. The van der Waals surface area contributed by atoms with Gasteiger partial charge in [0, 0.05) is 24.7 Å². The van der Waals surface area contributed by atoms with E-state index in [1.165, 1.54) is 32.2 Å². The van der Waals surface area contributed by atoms with Gasteiger partial charge in [0.15, 0.2) is 5.16 Å². The first kappa shape index (κ1) is 11.9. The summed E-state index contributed by atoms with van der Waals surface area (Å²) in [6.45, 7) is 2.25. The third-order valence-corrected chi connectivity index (χ3v) is 3.84. The highest BCUT2D eigenvalue weighted by molar-refractivity contribution is 7.99. The molecule has 0 saturated heterocycles. The quantitative estimate of drug-likeness (QED) is 0.468. The van der Waals surface area contributed by atoms with Crippen LogP contribution in [0.3, 0.4) is 0 Å². The van der Waals surface area contributed by atoms with Gasteiger partial charge in [-0.2, -0.15) is 0 Å². The molecule has 0 aliphatic heterocycles. The second-order valence-electron chi connectivity index (χ2n) is 4.23. The highest BCUT2D eigenvalue weighted by Gasteiger charge is 2.13. The summed E-state index contributed by atoms with van der Waals surface area (Å²) in [5, 5.41) is 4.40. The summed E-state index contributed by atoms with van der Waals surface area (Å²) in [6.07, 6.45) is 9.28. The summed E-state index contributed by atoms with van der Waals surface area (Å²) in [5.74, 6) is 1.98. The molecule has 0 spiro atoms. The van der Waals surface area contributed by atoms with Crippen LogP contribution in [0.1, 0.15) is 25.7 Å². The molecule has 0 unspecified atom stereocenters. The van der Waals surface area contributed by atoms with Crippen molar-refractivity contribution in [3.05, 3.63) is 18.5 Å². The molecule has 0 bridgehead atoms. The fraction of sp³-hybridized carbons (Fsp3) is 0.667. The second-order valence-corrected chi connectivity index (χ2v) is 5.30. The molecule has 1 heterocycles. The van der Waals surface area contributed by atoms with E-state index in [0.717, 1.165) is 23.4 Å². The Morgan fingerprint density at radius 3 is 2.75 bits per heavy atom. The molecular weight excluding hydrogens is 218 g/mol. The van der Waals surface area contributed by atoms with E-state index in [4.69, 9.17) is 0 Å². The Hall–Kier alpha value is -0.610. The van der Waals surface area contributed by atoms with Gasteiger partial charge < -0.3 is 5.32 Å². The number of hydrogen-bond donors (Lipinski definition) is 1. The number of rotatable bonds is 6. The zero-order valence-electron chi connectivity index (χ0n) is 9.56. The Morgan fingerprint density at radius 2 is 2.00 bits per heavy atom. The molecule has 1 saturated carbocycles. The smallest absolute Gasteiger partial charge is 0.187 e. The van der Waals surface area contributed by atoms with Gasteiger partial charge in [-0.15, -0.1) is 0 Å². The molecule has 1 N–H and O–H groups in total. The van der Waals surface area contributed by atoms with Crippen LogP contribution >= 0.6 is 11.8 Å². The maximum Gasteiger partial charge on any atom is 0.187 e. The van der Waals surface area contributed by atoms with Crippen LogP contribution in [-0.2, 0) is 0 Å². The van der Waals surface area contributed by atoms with Crippen LogP contribution in [0.4, 0.5) is 0 Å². The molecular formula is C12H19N3S. The number of nitrogens with one attached hydrogen (secondary N) is 1. The molecule has 4 heteroatoms. The lowest BCUT2D eigenvalue weighted by Gasteiger charge is -2.09. The maximum atomic E-state index is 4.18. The van der Waals surface area contributed by atoms with Crippen molar-refractivity contribution in [2.45, 2.75) is 30.8 Å². The van der Waals surface area contributed by atoms with Gasteiger partial charge in [0.05, 0.1) is 0 Å².